The number of hydrazine groups is 1. The van der Waals surface area contributed by atoms with Gasteiger partial charge in [0.25, 0.3) is 11.8 Å². The van der Waals surface area contributed by atoms with Crippen molar-refractivity contribution in [3.05, 3.63) is 39.8 Å². The molecule has 1 aromatic carbocycles. The van der Waals surface area contributed by atoms with E-state index in [4.69, 9.17) is 14.2 Å². The van der Waals surface area contributed by atoms with Crippen LogP contribution in [0.3, 0.4) is 0 Å². The first-order valence-electron chi connectivity index (χ1n) is 7.43. The van der Waals surface area contributed by atoms with Crippen molar-refractivity contribution in [1.82, 2.24) is 15.8 Å². The lowest BCUT2D eigenvalue weighted by Crippen LogP contribution is -2.41. The van der Waals surface area contributed by atoms with Crippen LogP contribution in [0.5, 0.6) is 11.5 Å². The minimum absolute atomic E-state index is 0.210. The van der Waals surface area contributed by atoms with Gasteiger partial charge in [-0.25, -0.2) is 4.98 Å². The molecule has 25 heavy (non-hydrogen) atoms. The molecule has 0 radical (unpaired) electrons. The molecular weight excluding hydrogens is 346 g/mol. The summed E-state index contributed by atoms with van der Waals surface area (Å²) < 4.78 is 15.5. The van der Waals surface area contributed by atoms with Gasteiger partial charge in [-0.1, -0.05) is 0 Å². The minimum Gasteiger partial charge on any atom is -0.493 e. The lowest BCUT2D eigenvalue weighted by Gasteiger charge is -2.11. The summed E-state index contributed by atoms with van der Waals surface area (Å²) in [5.74, 6) is -0.0184. The van der Waals surface area contributed by atoms with Crippen molar-refractivity contribution in [3.63, 3.8) is 0 Å². The number of thiazole rings is 1. The van der Waals surface area contributed by atoms with Crippen LogP contribution in [0.1, 0.15) is 32.8 Å². The van der Waals surface area contributed by atoms with Gasteiger partial charge in [0, 0.05) is 18.1 Å². The molecule has 0 aliphatic heterocycles. The van der Waals surface area contributed by atoms with E-state index >= 15 is 0 Å². The van der Waals surface area contributed by atoms with Crippen LogP contribution < -0.4 is 20.3 Å². The number of carbonyl (C=O) groups is 2. The number of aromatic nitrogens is 1. The number of rotatable bonds is 7. The summed E-state index contributed by atoms with van der Waals surface area (Å²) in [6.07, 6.45) is 0. The number of hydrogen-bond acceptors (Lipinski definition) is 7. The molecule has 0 bridgehead atoms. The van der Waals surface area contributed by atoms with Gasteiger partial charge < -0.3 is 14.2 Å². The predicted molar refractivity (Wildman–Crippen MR) is 91.9 cm³/mol. The van der Waals surface area contributed by atoms with Gasteiger partial charge in [-0.05, 0) is 25.1 Å². The second-order valence-corrected chi connectivity index (χ2v) is 5.71. The van der Waals surface area contributed by atoms with Crippen LogP contribution in [0.25, 0.3) is 0 Å². The maximum atomic E-state index is 12.2. The van der Waals surface area contributed by atoms with E-state index in [-0.39, 0.29) is 5.69 Å². The molecule has 1 aromatic heterocycles. The maximum absolute atomic E-state index is 12.2. The topological polar surface area (TPSA) is 98.8 Å². The van der Waals surface area contributed by atoms with E-state index in [1.807, 2.05) is 6.92 Å². The Bertz CT molecular complexity index is 747. The van der Waals surface area contributed by atoms with Crippen molar-refractivity contribution in [1.29, 1.82) is 0 Å². The third kappa shape index (κ3) is 4.91. The third-order valence-electron chi connectivity index (χ3n) is 3.07. The lowest BCUT2D eigenvalue weighted by atomic mass is 10.2. The molecular formula is C16H19N3O5S. The summed E-state index contributed by atoms with van der Waals surface area (Å²) in [7, 11) is 3.04. The molecule has 0 fully saturated rings. The Morgan fingerprint density at radius 3 is 2.60 bits per heavy atom. The highest BCUT2D eigenvalue weighted by molar-refractivity contribution is 7.09. The van der Waals surface area contributed by atoms with Crippen LogP contribution in [0.2, 0.25) is 0 Å². The van der Waals surface area contributed by atoms with E-state index in [0.717, 1.165) is 0 Å². The van der Waals surface area contributed by atoms with Gasteiger partial charge in [-0.15, -0.1) is 11.3 Å². The zero-order chi connectivity index (χ0) is 18.2. The molecule has 9 heteroatoms. The minimum atomic E-state index is -0.509. The lowest BCUT2D eigenvalue weighted by molar-refractivity contribution is 0.0844. The molecule has 0 atom stereocenters. The van der Waals surface area contributed by atoms with Crippen LogP contribution in [-0.4, -0.2) is 37.6 Å². The van der Waals surface area contributed by atoms with E-state index in [1.54, 1.807) is 24.6 Å². The Morgan fingerprint density at radius 1 is 1.16 bits per heavy atom. The second-order valence-electron chi connectivity index (χ2n) is 4.77. The highest BCUT2D eigenvalue weighted by Crippen LogP contribution is 2.27. The van der Waals surface area contributed by atoms with E-state index in [9.17, 15) is 9.59 Å². The zero-order valence-electron chi connectivity index (χ0n) is 14.1. The quantitative estimate of drug-likeness (QED) is 0.726. The summed E-state index contributed by atoms with van der Waals surface area (Å²) in [4.78, 5) is 28.3. The van der Waals surface area contributed by atoms with Crippen LogP contribution in [0.4, 0.5) is 0 Å². The summed E-state index contributed by atoms with van der Waals surface area (Å²) in [5, 5.41) is 2.27. The van der Waals surface area contributed by atoms with E-state index < -0.39 is 11.8 Å². The smallest absolute Gasteiger partial charge is 0.289 e. The van der Waals surface area contributed by atoms with Crippen molar-refractivity contribution in [3.8, 4) is 11.5 Å². The van der Waals surface area contributed by atoms with Gasteiger partial charge >= 0.3 is 0 Å². The number of hydrogen-bond donors (Lipinski definition) is 2. The molecule has 8 nitrogen and oxygen atoms in total. The van der Waals surface area contributed by atoms with E-state index in [2.05, 4.69) is 15.8 Å². The fourth-order valence-electron chi connectivity index (χ4n) is 1.94. The maximum Gasteiger partial charge on any atom is 0.289 e. The largest absolute Gasteiger partial charge is 0.493 e. The van der Waals surface area contributed by atoms with Crippen molar-refractivity contribution in [2.45, 2.75) is 13.5 Å². The highest BCUT2D eigenvalue weighted by Gasteiger charge is 2.14. The molecule has 2 N–H and O–H groups in total. The first-order valence-corrected chi connectivity index (χ1v) is 8.31. The van der Waals surface area contributed by atoms with Crippen LogP contribution in [0.15, 0.2) is 23.6 Å². The molecule has 0 saturated heterocycles. The normalized spacial score (nSPS) is 10.2. The third-order valence-corrected chi connectivity index (χ3v) is 3.89. The summed E-state index contributed by atoms with van der Waals surface area (Å²) in [6.45, 7) is 2.67. The number of ether oxygens (including phenoxy) is 3. The Labute approximate surface area is 149 Å². The zero-order valence-corrected chi connectivity index (χ0v) is 14.9. The number of nitrogens with one attached hydrogen (secondary N) is 2. The average Bonchev–Trinajstić information content (AvgIpc) is 3.09. The molecule has 2 aromatic rings. The Balaban J connectivity index is 1.98. The number of nitrogens with zero attached hydrogens (tertiary/aromatic N) is 1. The predicted octanol–water partition coefficient (Wildman–Crippen LogP) is 1.77. The van der Waals surface area contributed by atoms with Crippen molar-refractivity contribution in [2.24, 2.45) is 0 Å². The van der Waals surface area contributed by atoms with Crippen molar-refractivity contribution < 1.29 is 23.8 Å². The molecule has 0 aliphatic carbocycles. The molecule has 2 rings (SSSR count). The van der Waals surface area contributed by atoms with Gasteiger partial charge in [0.15, 0.2) is 11.5 Å². The molecule has 0 spiro atoms. The first kappa shape index (κ1) is 18.7. The van der Waals surface area contributed by atoms with Gasteiger partial charge in [0.1, 0.15) is 10.7 Å². The van der Waals surface area contributed by atoms with Gasteiger partial charge in [0.2, 0.25) is 0 Å². The Hall–Kier alpha value is -2.65. The fourth-order valence-corrected chi connectivity index (χ4v) is 2.68. The summed E-state index contributed by atoms with van der Waals surface area (Å²) in [5.41, 5.74) is 5.19. The SMILES string of the molecule is CCOc1ccc(C(=O)NNC(=O)c2csc(COC)n2)cc1OC. The van der Waals surface area contributed by atoms with E-state index in [0.29, 0.717) is 35.3 Å². The first-order chi connectivity index (χ1) is 12.1. The molecule has 1 heterocycles. The van der Waals surface area contributed by atoms with Crippen LogP contribution in [0, 0.1) is 0 Å². The standard InChI is InChI=1S/C16H19N3O5S/c1-4-24-12-6-5-10(7-13(12)23-3)15(20)18-19-16(21)11-9-25-14(17-11)8-22-2/h5-7,9H,4,8H2,1-3H3,(H,18,20)(H,19,21). The number of amides is 2. The molecule has 0 unspecified atom stereocenters. The average molecular weight is 365 g/mol. The van der Waals surface area contributed by atoms with Gasteiger partial charge in [0.05, 0.1) is 20.3 Å². The molecule has 134 valence electrons. The Kier molecular flexibility index (Phi) is 6.72. The molecule has 0 aliphatic rings. The van der Waals surface area contributed by atoms with Crippen LogP contribution in [-0.2, 0) is 11.3 Å². The van der Waals surface area contributed by atoms with Gasteiger partial charge in [-0.3, -0.25) is 20.4 Å². The number of benzene rings is 1. The fraction of sp³-hybridized carbons (Fsp3) is 0.312. The van der Waals surface area contributed by atoms with E-state index in [1.165, 1.54) is 24.5 Å². The highest BCUT2D eigenvalue weighted by atomic mass is 32.1. The van der Waals surface area contributed by atoms with Crippen molar-refractivity contribution >= 4 is 23.2 Å². The molecule has 2 amide bonds. The Morgan fingerprint density at radius 2 is 1.92 bits per heavy atom. The number of methoxy groups -OCH3 is 2. The number of carbonyl (C=O) groups excluding carboxylic acids is 2. The monoisotopic (exact) mass is 365 g/mol. The summed E-state index contributed by atoms with van der Waals surface area (Å²) >= 11 is 1.30. The van der Waals surface area contributed by atoms with Crippen molar-refractivity contribution in [2.75, 3.05) is 20.8 Å². The second kappa shape index (κ2) is 9.00. The van der Waals surface area contributed by atoms with Crippen LogP contribution >= 0.6 is 11.3 Å². The summed E-state index contributed by atoms with van der Waals surface area (Å²) in [6, 6.07) is 4.75. The van der Waals surface area contributed by atoms with Gasteiger partial charge in [-0.2, -0.15) is 0 Å². The molecule has 0 saturated carbocycles.